The van der Waals surface area contributed by atoms with E-state index in [-0.39, 0.29) is 10.9 Å². The summed E-state index contributed by atoms with van der Waals surface area (Å²) in [5, 5.41) is 9.89. The van der Waals surface area contributed by atoms with E-state index >= 15 is 0 Å². The third-order valence-electron chi connectivity index (χ3n) is 2.42. The predicted molar refractivity (Wildman–Crippen MR) is 59.2 cm³/mol. The number of nitrogens with two attached hydrogens (primary N) is 1. The molecule has 1 rings (SSSR count). The molecule has 0 bridgehead atoms. The number of hydrogen-bond acceptors (Lipinski definition) is 2. The Morgan fingerprint density at radius 2 is 2.00 bits per heavy atom. The van der Waals surface area contributed by atoms with Gasteiger partial charge < -0.3 is 10.8 Å². The molecule has 4 heteroatoms. The Kier molecular flexibility index (Phi) is 4.08. The van der Waals surface area contributed by atoms with E-state index in [4.69, 9.17) is 17.3 Å². The minimum absolute atomic E-state index is 0.0454. The van der Waals surface area contributed by atoms with Crippen LogP contribution in [0.25, 0.3) is 0 Å². The molecule has 2 unspecified atom stereocenters. The van der Waals surface area contributed by atoms with E-state index in [1.807, 2.05) is 13.8 Å². The molecule has 0 fully saturated rings. The van der Waals surface area contributed by atoms with Gasteiger partial charge in [0, 0.05) is 6.04 Å². The normalized spacial score (nSPS) is 15.4. The highest BCUT2D eigenvalue weighted by atomic mass is 35.5. The molecular weight excluding hydrogens is 217 g/mol. The molecule has 0 aliphatic carbocycles. The van der Waals surface area contributed by atoms with Crippen molar-refractivity contribution in [2.75, 3.05) is 0 Å². The topological polar surface area (TPSA) is 46.2 Å². The van der Waals surface area contributed by atoms with E-state index in [9.17, 15) is 9.50 Å². The second-order valence-corrected chi connectivity index (χ2v) is 4.35. The molecular formula is C11H15ClFNO. The van der Waals surface area contributed by atoms with Gasteiger partial charge in [0.2, 0.25) is 0 Å². The molecule has 84 valence electrons. The molecule has 1 aromatic rings. The van der Waals surface area contributed by atoms with Gasteiger partial charge in [0.25, 0.3) is 0 Å². The minimum atomic E-state index is -0.864. The Morgan fingerprint density at radius 1 is 1.40 bits per heavy atom. The van der Waals surface area contributed by atoms with E-state index in [2.05, 4.69) is 0 Å². The molecule has 0 saturated heterocycles. The van der Waals surface area contributed by atoms with Gasteiger partial charge in [-0.05, 0) is 23.6 Å². The second kappa shape index (κ2) is 4.92. The number of halogens is 2. The van der Waals surface area contributed by atoms with Crippen molar-refractivity contribution in [1.82, 2.24) is 0 Å². The zero-order chi connectivity index (χ0) is 11.6. The van der Waals surface area contributed by atoms with Crippen molar-refractivity contribution in [3.8, 4) is 0 Å². The lowest BCUT2D eigenvalue weighted by Crippen LogP contribution is -2.33. The minimum Gasteiger partial charge on any atom is -0.387 e. The summed E-state index contributed by atoms with van der Waals surface area (Å²) in [5.74, 6) is -0.414. The smallest absolute Gasteiger partial charge is 0.142 e. The zero-order valence-corrected chi connectivity index (χ0v) is 9.50. The number of rotatable bonds is 3. The SMILES string of the molecule is CC(C)C(N)C(O)c1ccc(Cl)c(F)c1. The zero-order valence-electron chi connectivity index (χ0n) is 8.74. The summed E-state index contributed by atoms with van der Waals surface area (Å²) >= 11 is 5.54. The molecule has 15 heavy (non-hydrogen) atoms. The molecule has 0 aliphatic heterocycles. The van der Waals surface area contributed by atoms with E-state index in [0.717, 1.165) is 0 Å². The number of aliphatic hydroxyl groups is 1. The Bertz CT molecular complexity index is 343. The fourth-order valence-electron chi connectivity index (χ4n) is 1.28. The Labute approximate surface area is 93.9 Å². The van der Waals surface area contributed by atoms with E-state index in [1.54, 1.807) is 6.07 Å². The third kappa shape index (κ3) is 2.91. The van der Waals surface area contributed by atoms with E-state index < -0.39 is 18.0 Å². The van der Waals surface area contributed by atoms with E-state index in [0.29, 0.717) is 5.56 Å². The molecule has 0 saturated carbocycles. The van der Waals surface area contributed by atoms with Gasteiger partial charge in [-0.1, -0.05) is 31.5 Å². The van der Waals surface area contributed by atoms with Crippen LogP contribution in [0, 0.1) is 11.7 Å². The van der Waals surface area contributed by atoms with E-state index in [1.165, 1.54) is 12.1 Å². The standard InChI is InChI=1S/C11H15ClFNO/c1-6(2)10(14)11(15)7-3-4-8(12)9(13)5-7/h3-6,10-11,15H,14H2,1-2H3. The Morgan fingerprint density at radius 3 is 2.47 bits per heavy atom. The van der Waals surface area contributed by atoms with Gasteiger partial charge in [0.1, 0.15) is 5.82 Å². The number of hydrogen-bond donors (Lipinski definition) is 2. The van der Waals surface area contributed by atoms with Crippen LogP contribution in [0.5, 0.6) is 0 Å². The Balaban J connectivity index is 2.91. The summed E-state index contributed by atoms with van der Waals surface area (Å²) in [6, 6.07) is 3.81. The molecule has 0 spiro atoms. The maximum absolute atomic E-state index is 13.1. The third-order valence-corrected chi connectivity index (χ3v) is 2.73. The first kappa shape index (κ1) is 12.4. The maximum atomic E-state index is 13.1. The first-order valence-corrected chi connectivity index (χ1v) is 5.20. The molecule has 0 heterocycles. The van der Waals surface area contributed by atoms with Crippen LogP contribution in [0.1, 0.15) is 25.5 Å². The van der Waals surface area contributed by atoms with Crippen LogP contribution >= 0.6 is 11.6 Å². The summed E-state index contributed by atoms with van der Waals surface area (Å²) in [7, 11) is 0. The van der Waals surface area contributed by atoms with Crippen LogP contribution in [0.3, 0.4) is 0 Å². The first-order chi connectivity index (χ1) is 6.93. The van der Waals surface area contributed by atoms with Crippen LogP contribution in [-0.4, -0.2) is 11.1 Å². The van der Waals surface area contributed by atoms with Crippen molar-refractivity contribution in [2.45, 2.75) is 26.0 Å². The van der Waals surface area contributed by atoms with Crippen molar-refractivity contribution in [2.24, 2.45) is 11.7 Å². The van der Waals surface area contributed by atoms with Crippen molar-refractivity contribution in [3.63, 3.8) is 0 Å². The van der Waals surface area contributed by atoms with Gasteiger partial charge in [-0.2, -0.15) is 0 Å². The quantitative estimate of drug-likeness (QED) is 0.840. The average molecular weight is 232 g/mol. The molecule has 2 atom stereocenters. The van der Waals surface area contributed by atoms with Gasteiger partial charge >= 0.3 is 0 Å². The van der Waals surface area contributed by atoms with Crippen LogP contribution in [0.4, 0.5) is 4.39 Å². The van der Waals surface area contributed by atoms with Gasteiger partial charge in [-0.3, -0.25) is 0 Å². The van der Waals surface area contributed by atoms with Gasteiger partial charge in [-0.25, -0.2) is 4.39 Å². The van der Waals surface area contributed by atoms with Crippen molar-refractivity contribution >= 4 is 11.6 Å². The van der Waals surface area contributed by atoms with Crippen LogP contribution in [-0.2, 0) is 0 Å². The lowest BCUT2D eigenvalue weighted by atomic mass is 9.94. The monoisotopic (exact) mass is 231 g/mol. The highest BCUT2D eigenvalue weighted by Crippen LogP contribution is 2.24. The molecule has 0 amide bonds. The fourth-order valence-corrected chi connectivity index (χ4v) is 1.40. The highest BCUT2D eigenvalue weighted by molar-refractivity contribution is 6.30. The number of aliphatic hydroxyl groups excluding tert-OH is 1. The van der Waals surface area contributed by atoms with Crippen LogP contribution < -0.4 is 5.73 Å². The molecule has 2 nitrogen and oxygen atoms in total. The summed E-state index contributed by atoms with van der Waals surface area (Å²) in [6.07, 6.45) is -0.864. The van der Waals surface area contributed by atoms with Crippen molar-refractivity contribution in [1.29, 1.82) is 0 Å². The molecule has 0 aromatic heterocycles. The molecule has 1 aromatic carbocycles. The second-order valence-electron chi connectivity index (χ2n) is 3.94. The highest BCUT2D eigenvalue weighted by Gasteiger charge is 2.20. The lowest BCUT2D eigenvalue weighted by Gasteiger charge is -2.22. The van der Waals surface area contributed by atoms with Gasteiger partial charge in [0.05, 0.1) is 11.1 Å². The van der Waals surface area contributed by atoms with Crippen molar-refractivity contribution < 1.29 is 9.50 Å². The van der Waals surface area contributed by atoms with Crippen LogP contribution in [0.2, 0.25) is 5.02 Å². The summed E-state index contributed by atoms with van der Waals surface area (Å²) < 4.78 is 13.1. The van der Waals surface area contributed by atoms with Crippen LogP contribution in [0.15, 0.2) is 18.2 Å². The molecule has 3 N–H and O–H groups in total. The Hall–Kier alpha value is -0.640. The summed E-state index contributed by atoms with van der Waals surface area (Å²) in [5.41, 5.74) is 6.23. The fraction of sp³-hybridized carbons (Fsp3) is 0.455. The summed E-state index contributed by atoms with van der Waals surface area (Å²) in [6.45, 7) is 3.81. The van der Waals surface area contributed by atoms with Gasteiger partial charge in [0.15, 0.2) is 0 Å². The maximum Gasteiger partial charge on any atom is 0.142 e. The largest absolute Gasteiger partial charge is 0.387 e. The summed E-state index contributed by atoms with van der Waals surface area (Å²) in [4.78, 5) is 0. The predicted octanol–water partition coefficient (Wildman–Crippen LogP) is 2.50. The van der Waals surface area contributed by atoms with Gasteiger partial charge in [-0.15, -0.1) is 0 Å². The lowest BCUT2D eigenvalue weighted by molar-refractivity contribution is 0.125. The average Bonchev–Trinajstić information content (AvgIpc) is 2.19. The van der Waals surface area contributed by atoms with Crippen molar-refractivity contribution in [3.05, 3.63) is 34.6 Å². The molecule has 0 radical (unpaired) electrons. The molecule has 0 aliphatic rings. The number of benzene rings is 1. The first-order valence-electron chi connectivity index (χ1n) is 4.82.